The highest BCUT2D eigenvalue weighted by Gasteiger charge is 2.13. The number of fused-ring (bicyclic) bond motifs is 1. The van der Waals surface area contributed by atoms with Gasteiger partial charge in [-0.2, -0.15) is 0 Å². The normalized spacial score (nSPS) is 12.1. The summed E-state index contributed by atoms with van der Waals surface area (Å²) in [5, 5.41) is 5.43. The Labute approximate surface area is 126 Å². The van der Waals surface area contributed by atoms with Gasteiger partial charge in [0.05, 0.1) is 17.1 Å². The molecule has 0 aliphatic heterocycles. The van der Waals surface area contributed by atoms with Crippen LogP contribution >= 0.6 is 0 Å². The van der Waals surface area contributed by atoms with E-state index in [1.165, 1.54) is 24.3 Å². The quantitative estimate of drug-likeness (QED) is 0.691. The molecule has 0 radical (unpaired) electrons. The van der Waals surface area contributed by atoms with Gasteiger partial charge < -0.3 is 15.6 Å². The fourth-order valence-corrected chi connectivity index (χ4v) is 2.14. The Morgan fingerprint density at radius 3 is 2.64 bits per heavy atom. The molecule has 3 N–H and O–H groups in total. The second-order valence-electron chi connectivity index (χ2n) is 4.97. The second kappa shape index (κ2) is 5.85. The molecule has 112 valence electrons. The molecule has 1 aromatic heterocycles. The maximum Gasteiger partial charge on any atom is 0.319 e. The van der Waals surface area contributed by atoms with Crippen LogP contribution in [0.4, 0.5) is 14.9 Å². The number of rotatable bonds is 3. The molecule has 5 nitrogen and oxygen atoms in total. The van der Waals surface area contributed by atoms with Crippen LogP contribution in [0.1, 0.15) is 18.8 Å². The van der Waals surface area contributed by atoms with Crippen LogP contribution in [0.5, 0.6) is 0 Å². The van der Waals surface area contributed by atoms with Crippen molar-refractivity contribution < 1.29 is 9.18 Å². The maximum atomic E-state index is 12.8. The van der Waals surface area contributed by atoms with Gasteiger partial charge in [-0.25, -0.2) is 14.2 Å². The third-order valence-corrected chi connectivity index (χ3v) is 3.27. The second-order valence-corrected chi connectivity index (χ2v) is 4.97. The van der Waals surface area contributed by atoms with E-state index in [-0.39, 0.29) is 17.9 Å². The van der Waals surface area contributed by atoms with Crippen LogP contribution < -0.4 is 10.6 Å². The Morgan fingerprint density at radius 2 is 1.91 bits per heavy atom. The van der Waals surface area contributed by atoms with E-state index in [1.807, 2.05) is 31.2 Å². The number of anilines is 1. The van der Waals surface area contributed by atoms with Gasteiger partial charge >= 0.3 is 6.03 Å². The number of benzene rings is 2. The molecule has 2 amide bonds. The Hall–Kier alpha value is -2.89. The van der Waals surface area contributed by atoms with Gasteiger partial charge in [0.15, 0.2) is 0 Å². The molecular weight excluding hydrogens is 283 g/mol. The zero-order valence-corrected chi connectivity index (χ0v) is 11.9. The number of para-hydroxylation sites is 2. The molecule has 1 atom stereocenters. The summed E-state index contributed by atoms with van der Waals surface area (Å²) in [6.07, 6.45) is 0. The summed E-state index contributed by atoms with van der Waals surface area (Å²) >= 11 is 0. The molecule has 1 heterocycles. The van der Waals surface area contributed by atoms with Crippen LogP contribution in [0, 0.1) is 5.82 Å². The molecule has 22 heavy (non-hydrogen) atoms. The van der Waals surface area contributed by atoms with Crippen LogP contribution in [-0.4, -0.2) is 16.0 Å². The van der Waals surface area contributed by atoms with E-state index in [0.717, 1.165) is 11.0 Å². The van der Waals surface area contributed by atoms with Crippen LogP contribution in [-0.2, 0) is 0 Å². The summed E-state index contributed by atoms with van der Waals surface area (Å²) in [6.45, 7) is 1.84. The van der Waals surface area contributed by atoms with Crippen LogP contribution in [0.2, 0.25) is 0 Å². The third-order valence-electron chi connectivity index (χ3n) is 3.27. The average Bonchev–Trinajstić information content (AvgIpc) is 2.93. The number of nitrogens with zero attached hydrogens (tertiary/aromatic N) is 1. The van der Waals surface area contributed by atoms with E-state index in [9.17, 15) is 9.18 Å². The monoisotopic (exact) mass is 298 g/mol. The lowest BCUT2D eigenvalue weighted by Gasteiger charge is -2.12. The zero-order chi connectivity index (χ0) is 15.5. The van der Waals surface area contributed by atoms with E-state index >= 15 is 0 Å². The Morgan fingerprint density at radius 1 is 1.18 bits per heavy atom. The number of amides is 2. The lowest BCUT2D eigenvalue weighted by atomic mass is 10.3. The van der Waals surface area contributed by atoms with Gasteiger partial charge in [0.1, 0.15) is 11.6 Å². The molecule has 1 unspecified atom stereocenters. The van der Waals surface area contributed by atoms with Crippen LogP contribution in [0.15, 0.2) is 48.5 Å². The SMILES string of the molecule is CC(NC(=O)Nc1ccc(F)cc1)c1nc2ccccc2[nH]1. The molecule has 6 heteroatoms. The molecule has 0 spiro atoms. The molecule has 0 fully saturated rings. The van der Waals surface area contributed by atoms with Gasteiger partial charge in [0.2, 0.25) is 0 Å². The summed E-state index contributed by atoms with van der Waals surface area (Å²) in [4.78, 5) is 19.5. The van der Waals surface area contributed by atoms with Gasteiger partial charge in [-0.3, -0.25) is 0 Å². The molecule has 2 aromatic carbocycles. The fraction of sp³-hybridized carbons (Fsp3) is 0.125. The predicted octanol–water partition coefficient (Wildman–Crippen LogP) is 3.58. The number of urea groups is 1. The minimum Gasteiger partial charge on any atom is -0.340 e. The highest BCUT2D eigenvalue weighted by Crippen LogP contribution is 2.15. The summed E-state index contributed by atoms with van der Waals surface area (Å²) in [5.41, 5.74) is 2.30. The first kappa shape index (κ1) is 14.1. The van der Waals surface area contributed by atoms with Crippen molar-refractivity contribution in [3.05, 3.63) is 60.2 Å². The van der Waals surface area contributed by atoms with E-state index in [1.54, 1.807) is 0 Å². The Kier molecular flexibility index (Phi) is 3.74. The molecular formula is C16H15FN4O. The molecule has 0 aliphatic carbocycles. The number of nitrogens with one attached hydrogen (secondary N) is 3. The van der Waals surface area contributed by atoms with E-state index in [4.69, 9.17) is 0 Å². The minimum absolute atomic E-state index is 0.284. The number of aromatic nitrogens is 2. The number of hydrogen-bond donors (Lipinski definition) is 3. The number of carbonyl (C=O) groups excluding carboxylic acids is 1. The van der Waals surface area contributed by atoms with Gasteiger partial charge in [-0.15, -0.1) is 0 Å². The average molecular weight is 298 g/mol. The van der Waals surface area contributed by atoms with Crippen LogP contribution in [0.25, 0.3) is 11.0 Å². The van der Waals surface area contributed by atoms with Gasteiger partial charge in [-0.05, 0) is 43.3 Å². The topological polar surface area (TPSA) is 69.8 Å². The number of H-pyrrole nitrogens is 1. The van der Waals surface area contributed by atoms with E-state index in [2.05, 4.69) is 20.6 Å². The van der Waals surface area contributed by atoms with Crippen molar-refractivity contribution in [2.75, 3.05) is 5.32 Å². The van der Waals surface area contributed by atoms with Crippen LogP contribution in [0.3, 0.4) is 0 Å². The molecule has 0 aliphatic rings. The van der Waals surface area contributed by atoms with Gasteiger partial charge in [-0.1, -0.05) is 12.1 Å². The van der Waals surface area contributed by atoms with Crippen molar-refractivity contribution >= 4 is 22.8 Å². The summed E-state index contributed by atoms with van der Waals surface area (Å²) in [5.74, 6) is 0.331. The van der Waals surface area contributed by atoms with Crippen molar-refractivity contribution in [3.8, 4) is 0 Å². The lowest BCUT2D eigenvalue weighted by molar-refractivity contribution is 0.249. The molecule has 0 saturated carbocycles. The summed E-state index contributed by atoms with van der Waals surface area (Å²) in [6, 6.07) is 12.6. The summed E-state index contributed by atoms with van der Waals surface area (Å²) in [7, 11) is 0. The predicted molar refractivity (Wildman–Crippen MR) is 83.1 cm³/mol. The van der Waals surface area contributed by atoms with Gasteiger partial charge in [0.25, 0.3) is 0 Å². The van der Waals surface area contributed by atoms with Crippen molar-refractivity contribution in [1.29, 1.82) is 0 Å². The number of halogens is 1. The number of carbonyl (C=O) groups is 1. The van der Waals surface area contributed by atoms with E-state index in [0.29, 0.717) is 11.5 Å². The molecule has 0 saturated heterocycles. The standard InChI is InChI=1S/C16H15FN4O/c1-10(15-20-13-4-2-3-5-14(13)21-15)18-16(22)19-12-8-6-11(17)7-9-12/h2-10H,1H3,(H,20,21)(H2,18,19,22). The van der Waals surface area contributed by atoms with Crippen molar-refractivity contribution in [1.82, 2.24) is 15.3 Å². The minimum atomic E-state index is -0.375. The Balaban J connectivity index is 1.66. The smallest absolute Gasteiger partial charge is 0.319 e. The molecule has 3 aromatic rings. The van der Waals surface area contributed by atoms with Crippen molar-refractivity contribution in [2.24, 2.45) is 0 Å². The number of aromatic amines is 1. The molecule has 0 bridgehead atoms. The van der Waals surface area contributed by atoms with Crippen molar-refractivity contribution in [2.45, 2.75) is 13.0 Å². The third kappa shape index (κ3) is 3.06. The van der Waals surface area contributed by atoms with Crippen molar-refractivity contribution in [3.63, 3.8) is 0 Å². The Bertz CT molecular complexity index is 764. The van der Waals surface area contributed by atoms with E-state index < -0.39 is 0 Å². The highest BCUT2D eigenvalue weighted by atomic mass is 19.1. The fourth-order valence-electron chi connectivity index (χ4n) is 2.14. The van der Waals surface area contributed by atoms with Gasteiger partial charge in [0, 0.05) is 5.69 Å². The number of hydrogen-bond acceptors (Lipinski definition) is 2. The summed E-state index contributed by atoms with van der Waals surface area (Å²) < 4.78 is 12.8. The highest BCUT2D eigenvalue weighted by molar-refractivity contribution is 5.89. The lowest BCUT2D eigenvalue weighted by Crippen LogP contribution is -2.31. The molecule has 3 rings (SSSR count). The first-order chi connectivity index (χ1) is 10.6. The maximum absolute atomic E-state index is 12.8. The first-order valence-electron chi connectivity index (χ1n) is 6.89. The number of imidazole rings is 1. The first-order valence-corrected chi connectivity index (χ1v) is 6.89. The zero-order valence-electron chi connectivity index (χ0n) is 11.9. The largest absolute Gasteiger partial charge is 0.340 e.